The molecular weight excluding hydrogens is 252 g/mol. The van der Waals surface area contributed by atoms with Gasteiger partial charge in [-0.25, -0.2) is 5.48 Å². The number of carbonyl (C=O) groups excluding carboxylic acids is 2. The summed E-state index contributed by atoms with van der Waals surface area (Å²) in [7, 11) is 1.54. The van der Waals surface area contributed by atoms with E-state index in [1.807, 2.05) is 0 Å². The summed E-state index contributed by atoms with van der Waals surface area (Å²) in [6.07, 6.45) is 0. The fraction of sp³-hybridized carbons (Fsp3) is 0.333. The van der Waals surface area contributed by atoms with Gasteiger partial charge >= 0.3 is 0 Å². The lowest BCUT2D eigenvalue weighted by Gasteiger charge is -2.40. The summed E-state index contributed by atoms with van der Waals surface area (Å²) in [6.45, 7) is 0.721. The summed E-state index contributed by atoms with van der Waals surface area (Å²) in [5.41, 5.74) is 6.77. The van der Waals surface area contributed by atoms with Crippen molar-refractivity contribution in [2.75, 3.05) is 20.3 Å². The standard InChI is InChI=1S/C12H14N2O5/c1-18-12(5-19-6-12)7-2-3-8(10(13)15)9(4-7)11(16)14-17/h2-4,17H,5-6H2,1H3,(H2,13,15)(H,14,16). The molecule has 1 saturated heterocycles. The number of rotatable bonds is 4. The minimum Gasteiger partial charge on any atom is -0.375 e. The Balaban J connectivity index is 2.49. The highest BCUT2D eigenvalue weighted by atomic mass is 16.6. The van der Waals surface area contributed by atoms with Crippen LogP contribution in [-0.4, -0.2) is 37.3 Å². The number of hydroxylamine groups is 1. The fourth-order valence-electron chi connectivity index (χ4n) is 1.98. The molecule has 2 rings (SSSR count). The van der Waals surface area contributed by atoms with Crippen LogP contribution in [0.4, 0.5) is 0 Å². The normalized spacial score (nSPS) is 16.5. The van der Waals surface area contributed by atoms with Gasteiger partial charge in [-0.3, -0.25) is 14.8 Å². The molecule has 1 aromatic carbocycles. The van der Waals surface area contributed by atoms with Crippen LogP contribution in [-0.2, 0) is 15.1 Å². The number of ether oxygens (including phenoxy) is 2. The quantitative estimate of drug-likeness (QED) is 0.515. The molecule has 7 heteroatoms. The van der Waals surface area contributed by atoms with Crippen molar-refractivity contribution in [3.63, 3.8) is 0 Å². The van der Waals surface area contributed by atoms with E-state index in [0.717, 1.165) is 0 Å². The van der Waals surface area contributed by atoms with Crippen molar-refractivity contribution in [2.24, 2.45) is 5.73 Å². The molecule has 0 aliphatic carbocycles. The number of amides is 2. The van der Waals surface area contributed by atoms with Gasteiger partial charge < -0.3 is 15.2 Å². The number of methoxy groups -OCH3 is 1. The van der Waals surface area contributed by atoms with Crippen molar-refractivity contribution >= 4 is 11.8 Å². The second-order valence-electron chi connectivity index (χ2n) is 4.26. The van der Waals surface area contributed by atoms with E-state index in [0.29, 0.717) is 18.8 Å². The zero-order chi connectivity index (χ0) is 14.0. The monoisotopic (exact) mass is 266 g/mol. The largest absolute Gasteiger partial charge is 0.375 e. The molecule has 19 heavy (non-hydrogen) atoms. The number of hydrogen-bond acceptors (Lipinski definition) is 5. The maximum Gasteiger partial charge on any atom is 0.275 e. The van der Waals surface area contributed by atoms with Crippen molar-refractivity contribution in [3.05, 3.63) is 34.9 Å². The summed E-state index contributed by atoms with van der Waals surface area (Å²) in [6, 6.07) is 4.55. The van der Waals surface area contributed by atoms with E-state index in [2.05, 4.69) is 0 Å². The van der Waals surface area contributed by atoms with E-state index in [1.54, 1.807) is 6.07 Å². The van der Waals surface area contributed by atoms with Crippen LogP contribution in [0.1, 0.15) is 26.3 Å². The summed E-state index contributed by atoms with van der Waals surface area (Å²) in [5.74, 6) is -1.55. The van der Waals surface area contributed by atoms with Gasteiger partial charge in [0.15, 0.2) is 0 Å². The van der Waals surface area contributed by atoms with Crippen LogP contribution in [0.2, 0.25) is 0 Å². The first-order chi connectivity index (χ1) is 9.04. The lowest BCUT2D eigenvalue weighted by Crippen LogP contribution is -2.48. The van der Waals surface area contributed by atoms with Gasteiger partial charge in [-0.05, 0) is 17.7 Å². The average molecular weight is 266 g/mol. The van der Waals surface area contributed by atoms with Gasteiger partial charge in [-0.1, -0.05) is 6.07 Å². The van der Waals surface area contributed by atoms with Crippen LogP contribution in [0.5, 0.6) is 0 Å². The second-order valence-corrected chi connectivity index (χ2v) is 4.26. The van der Waals surface area contributed by atoms with E-state index in [9.17, 15) is 9.59 Å². The Kier molecular flexibility index (Phi) is 3.52. The molecule has 1 heterocycles. The minimum atomic E-state index is -0.804. The smallest absolute Gasteiger partial charge is 0.275 e. The van der Waals surface area contributed by atoms with Gasteiger partial charge in [-0.2, -0.15) is 0 Å². The average Bonchev–Trinajstić information content (AvgIpc) is 2.37. The highest BCUT2D eigenvalue weighted by Crippen LogP contribution is 2.34. The predicted octanol–water partition coefficient (Wildman–Crippen LogP) is -0.224. The first-order valence-corrected chi connectivity index (χ1v) is 5.56. The molecule has 0 saturated carbocycles. The first kappa shape index (κ1) is 13.5. The van der Waals surface area contributed by atoms with Gasteiger partial charge in [0.25, 0.3) is 5.91 Å². The van der Waals surface area contributed by atoms with Gasteiger partial charge in [-0.15, -0.1) is 0 Å². The van der Waals surface area contributed by atoms with Crippen molar-refractivity contribution < 1.29 is 24.3 Å². The van der Waals surface area contributed by atoms with E-state index >= 15 is 0 Å². The topological polar surface area (TPSA) is 111 Å². The Labute approximate surface area is 109 Å². The van der Waals surface area contributed by atoms with Gasteiger partial charge in [0.2, 0.25) is 5.91 Å². The number of benzene rings is 1. The maximum atomic E-state index is 11.6. The number of hydrogen-bond donors (Lipinski definition) is 3. The summed E-state index contributed by atoms with van der Waals surface area (Å²) < 4.78 is 10.5. The van der Waals surface area contributed by atoms with E-state index in [4.69, 9.17) is 20.4 Å². The molecule has 1 aliphatic rings. The zero-order valence-electron chi connectivity index (χ0n) is 10.3. The van der Waals surface area contributed by atoms with E-state index in [-0.39, 0.29) is 11.1 Å². The van der Waals surface area contributed by atoms with Crippen LogP contribution in [0, 0.1) is 0 Å². The highest BCUT2D eigenvalue weighted by Gasteiger charge is 2.41. The Morgan fingerprint density at radius 2 is 2.11 bits per heavy atom. The molecule has 0 aromatic heterocycles. The molecule has 0 radical (unpaired) electrons. The number of nitrogens with two attached hydrogens (primary N) is 1. The van der Waals surface area contributed by atoms with Gasteiger partial charge in [0.05, 0.1) is 24.3 Å². The molecule has 0 bridgehead atoms. The predicted molar refractivity (Wildman–Crippen MR) is 63.7 cm³/mol. The SMILES string of the molecule is COC1(c2ccc(C(N)=O)c(C(=O)NO)c2)COC1. The van der Waals surface area contributed by atoms with Crippen molar-refractivity contribution in [1.82, 2.24) is 5.48 Å². The molecule has 1 fully saturated rings. The Morgan fingerprint density at radius 3 is 2.53 bits per heavy atom. The van der Waals surface area contributed by atoms with Crippen molar-refractivity contribution in [2.45, 2.75) is 5.60 Å². The molecule has 2 amide bonds. The second kappa shape index (κ2) is 4.96. The van der Waals surface area contributed by atoms with Crippen molar-refractivity contribution in [3.8, 4) is 0 Å². The summed E-state index contributed by atoms with van der Waals surface area (Å²) in [4.78, 5) is 22.8. The van der Waals surface area contributed by atoms with Crippen molar-refractivity contribution in [1.29, 1.82) is 0 Å². The third kappa shape index (κ3) is 2.19. The maximum absolute atomic E-state index is 11.6. The van der Waals surface area contributed by atoms with E-state index < -0.39 is 17.4 Å². The first-order valence-electron chi connectivity index (χ1n) is 5.56. The highest BCUT2D eigenvalue weighted by molar-refractivity contribution is 6.06. The van der Waals surface area contributed by atoms with Crippen LogP contribution >= 0.6 is 0 Å². The molecule has 1 aliphatic heterocycles. The fourth-order valence-corrected chi connectivity index (χ4v) is 1.98. The Bertz CT molecular complexity index is 519. The summed E-state index contributed by atoms with van der Waals surface area (Å²) in [5, 5.41) is 8.71. The van der Waals surface area contributed by atoms with Crippen LogP contribution < -0.4 is 11.2 Å². The molecular formula is C12H14N2O5. The lowest BCUT2D eigenvalue weighted by atomic mass is 9.89. The minimum absolute atomic E-state index is 0.00387. The summed E-state index contributed by atoms with van der Waals surface area (Å²) >= 11 is 0. The molecule has 1 aromatic rings. The number of nitrogens with one attached hydrogen (secondary N) is 1. The third-order valence-electron chi connectivity index (χ3n) is 3.22. The molecule has 4 N–H and O–H groups in total. The molecule has 102 valence electrons. The zero-order valence-corrected chi connectivity index (χ0v) is 10.3. The molecule has 0 atom stereocenters. The van der Waals surface area contributed by atoms with Gasteiger partial charge in [0.1, 0.15) is 5.60 Å². The van der Waals surface area contributed by atoms with E-state index in [1.165, 1.54) is 24.7 Å². The van der Waals surface area contributed by atoms with Crippen LogP contribution in [0.25, 0.3) is 0 Å². The third-order valence-corrected chi connectivity index (χ3v) is 3.22. The molecule has 0 spiro atoms. The molecule has 0 unspecified atom stereocenters. The molecule has 7 nitrogen and oxygen atoms in total. The van der Waals surface area contributed by atoms with Gasteiger partial charge in [0, 0.05) is 7.11 Å². The number of carbonyl (C=O) groups is 2. The number of primary amides is 1. The van der Waals surface area contributed by atoms with Crippen LogP contribution in [0.3, 0.4) is 0 Å². The lowest BCUT2D eigenvalue weighted by molar-refractivity contribution is -0.202. The Hall–Kier alpha value is -1.96. The Morgan fingerprint density at radius 1 is 1.42 bits per heavy atom. The van der Waals surface area contributed by atoms with Crippen LogP contribution in [0.15, 0.2) is 18.2 Å².